The number of benzene rings is 7. The second kappa shape index (κ2) is 14.3. The smallest absolute Gasteiger partial charge is 0.137 e. The van der Waals surface area contributed by atoms with E-state index in [0.29, 0.717) is 0 Å². The minimum Gasteiger partial charge on any atom is -0.309 e. The molecule has 4 aromatic heterocycles. The van der Waals surface area contributed by atoms with E-state index >= 15 is 0 Å². The first-order valence-electron chi connectivity index (χ1n) is 21.5. The zero-order chi connectivity index (χ0) is 42.3. The predicted octanol–water partition coefficient (Wildman–Crippen LogP) is 14.7. The van der Waals surface area contributed by atoms with E-state index in [1.807, 2.05) is 6.20 Å². The lowest BCUT2D eigenvalue weighted by molar-refractivity contribution is 0.588. The lowest BCUT2D eigenvalue weighted by Crippen LogP contribution is -2.12. The topological polar surface area (TPSA) is 40.6 Å². The Morgan fingerprint density at radius 2 is 0.984 bits per heavy atom. The van der Waals surface area contributed by atoms with Crippen LogP contribution in [0.3, 0.4) is 0 Å². The maximum atomic E-state index is 5.60. The number of aryl methyl sites for hydroxylation is 3. The first-order valence-corrected chi connectivity index (χ1v) is 21.5. The van der Waals surface area contributed by atoms with Gasteiger partial charge in [-0.05, 0) is 97.0 Å². The monoisotopic (exact) mass is 801 g/mol. The predicted molar refractivity (Wildman–Crippen MR) is 259 cm³/mol. The van der Waals surface area contributed by atoms with Crippen LogP contribution in [0.5, 0.6) is 0 Å². The summed E-state index contributed by atoms with van der Waals surface area (Å²) in [5, 5.41) is 10.4. The van der Waals surface area contributed by atoms with Crippen molar-refractivity contribution in [2.75, 3.05) is 0 Å². The van der Waals surface area contributed by atoms with Crippen molar-refractivity contribution in [3.63, 3.8) is 0 Å². The summed E-state index contributed by atoms with van der Waals surface area (Å²) in [6.07, 6.45) is 1.95. The van der Waals surface area contributed by atoms with Crippen LogP contribution >= 0.6 is 0 Å². The number of nitrogens with zero attached hydrogens (tertiary/aromatic N) is 5. The highest BCUT2D eigenvalue weighted by Gasteiger charge is 2.26. The van der Waals surface area contributed by atoms with Crippen molar-refractivity contribution in [2.45, 2.75) is 47.0 Å². The van der Waals surface area contributed by atoms with Crippen LogP contribution in [0.2, 0.25) is 0 Å². The molecule has 4 heterocycles. The second-order valence-electron chi connectivity index (χ2n) is 17.8. The summed E-state index contributed by atoms with van der Waals surface area (Å²) >= 11 is 0. The van der Waals surface area contributed by atoms with Crippen LogP contribution in [-0.4, -0.2) is 23.9 Å². The minimum absolute atomic E-state index is 0.0162. The Balaban J connectivity index is 1.20. The van der Waals surface area contributed by atoms with Gasteiger partial charge in [-0.3, -0.25) is 4.57 Å². The number of para-hydroxylation sites is 2. The van der Waals surface area contributed by atoms with E-state index in [1.54, 1.807) is 0 Å². The fourth-order valence-electron chi connectivity index (χ4n) is 9.80. The number of hydrogen-bond acceptors (Lipinski definition) is 2. The van der Waals surface area contributed by atoms with Crippen molar-refractivity contribution in [3.05, 3.63) is 198 Å². The molecule has 11 rings (SSSR count). The van der Waals surface area contributed by atoms with Gasteiger partial charge in [0.25, 0.3) is 0 Å². The van der Waals surface area contributed by atoms with Crippen molar-refractivity contribution in [1.29, 1.82) is 0 Å². The quantitative estimate of drug-likeness (QED) is 0.168. The second-order valence-corrected chi connectivity index (χ2v) is 17.8. The molecule has 0 fully saturated rings. The maximum absolute atomic E-state index is 5.60. The summed E-state index contributed by atoms with van der Waals surface area (Å²) in [7, 11) is 0. The molecular weight excluding hydrogens is 755 g/mol. The summed E-state index contributed by atoms with van der Waals surface area (Å²) in [6.45, 7) is 13.4. The van der Waals surface area contributed by atoms with Gasteiger partial charge < -0.3 is 4.57 Å². The van der Waals surface area contributed by atoms with Gasteiger partial charge in [0.15, 0.2) is 0 Å². The first-order chi connectivity index (χ1) is 30.1. The van der Waals surface area contributed by atoms with E-state index in [9.17, 15) is 0 Å². The highest BCUT2D eigenvalue weighted by Crippen LogP contribution is 2.45. The van der Waals surface area contributed by atoms with Gasteiger partial charge in [0, 0.05) is 50.1 Å². The Bertz CT molecular complexity index is 3500. The Morgan fingerprint density at radius 1 is 0.452 bits per heavy atom. The molecule has 0 aliphatic carbocycles. The third-order valence-electron chi connectivity index (χ3n) is 12.6. The zero-order valence-electron chi connectivity index (χ0n) is 36.0. The molecule has 0 bridgehead atoms. The molecule has 300 valence electrons. The summed E-state index contributed by atoms with van der Waals surface area (Å²) in [6, 6.07) is 61.5. The summed E-state index contributed by atoms with van der Waals surface area (Å²) < 4.78 is 6.94. The fraction of sp³-hybridized carbons (Fsp3) is 0.123. The van der Waals surface area contributed by atoms with Gasteiger partial charge in [0.2, 0.25) is 0 Å². The van der Waals surface area contributed by atoms with Crippen LogP contribution < -0.4 is 0 Å². The summed E-state index contributed by atoms with van der Waals surface area (Å²) in [4.78, 5) is 4.98. The van der Waals surface area contributed by atoms with E-state index < -0.39 is 0 Å². The van der Waals surface area contributed by atoms with Crippen LogP contribution in [-0.2, 0) is 5.41 Å². The molecule has 5 heteroatoms. The molecule has 11 aromatic rings. The Morgan fingerprint density at radius 3 is 1.63 bits per heavy atom. The highest BCUT2D eigenvalue weighted by molar-refractivity contribution is 6.12. The van der Waals surface area contributed by atoms with E-state index in [1.165, 1.54) is 49.4 Å². The average Bonchev–Trinajstić information content (AvgIpc) is 3.94. The van der Waals surface area contributed by atoms with Crippen molar-refractivity contribution < 1.29 is 0 Å². The largest absolute Gasteiger partial charge is 0.309 e. The van der Waals surface area contributed by atoms with Crippen molar-refractivity contribution in [3.8, 4) is 50.8 Å². The average molecular weight is 802 g/mol. The normalized spacial score (nSPS) is 12.0. The highest BCUT2D eigenvalue weighted by atomic mass is 15.3. The molecule has 62 heavy (non-hydrogen) atoms. The molecule has 0 aliphatic rings. The molecule has 5 nitrogen and oxygen atoms in total. The Labute approximate surface area is 362 Å². The summed E-state index contributed by atoms with van der Waals surface area (Å²) in [5.74, 6) is 0.918. The molecule has 0 radical (unpaired) electrons. The molecule has 0 unspecified atom stereocenters. The molecule has 0 N–H and O–H groups in total. The molecular formula is C57H47N5. The van der Waals surface area contributed by atoms with Crippen molar-refractivity contribution >= 4 is 43.6 Å². The lowest BCUT2D eigenvalue weighted by atomic mass is 9.88. The standard InChI is InChI=1S/C57H47N5/c1-36-31-37(2)53(38(3)32-36)54-55(39-17-9-7-10-18-39)59-62(56(54)40-19-11-8-12-20-40)43-26-28-46-44-21-13-15-23-48(44)60(50(46)35-43)42-25-27-47-45-22-14-16-24-49(45)61(51(47)34-42)52-33-41(29-30-58-52)57(4,5)6/h7-35H,1-6H3. The summed E-state index contributed by atoms with van der Waals surface area (Å²) in [5.41, 5.74) is 18.1. The van der Waals surface area contributed by atoms with E-state index in [-0.39, 0.29) is 5.41 Å². The van der Waals surface area contributed by atoms with Gasteiger partial charge in [-0.25, -0.2) is 9.67 Å². The number of rotatable bonds is 6. The van der Waals surface area contributed by atoms with Crippen molar-refractivity contribution in [1.82, 2.24) is 23.9 Å². The van der Waals surface area contributed by atoms with Crippen molar-refractivity contribution in [2.24, 2.45) is 0 Å². The van der Waals surface area contributed by atoms with Crippen LogP contribution in [0.25, 0.3) is 94.4 Å². The number of fused-ring (bicyclic) bond motifs is 6. The number of hydrogen-bond donors (Lipinski definition) is 0. The van der Waals surface area contributed by atoms with Crippen LogP contribution in [0, 0.1) is 20.8 Å². The molecule has 0 spiro atoms. The van der Waals surface area contributed by atoms with Gasteiger partial charge in [-0.1, -0.05) is 148 Å². The number of pyridine rings is 1. The van der Waals surface area contributed by atoms with Gasteiger partial charge >= 0.3 is 0 Å². The molecule has 0 saturated carbocycles. The Kier molecular flexibility index (Phi) is 8.66. The third-order valence-corrected chi connectivity index (χ3v) is 12.6. The van der Waals surface area contributed by atoms with Gasteiger partial charge in [-0.2, -0.15) is 5.10 Å². The SMILES string of the molecule is Cc1cc(C)c(-c2c(-c3ccccc3)nn(-c3ccc4c5ccccc5n(-c5ccc6c7ccccc7n(-c7cc(C(C)(C)C)ccn7)c6c5)c4c3)c2-c2ccccc2)c(C)c1. The van der Waals surface area contributed by atoms with Crippen LogP contribution in [0.4, 0.5) is 0 Å². The lowest BCUT2D eigenvalue weighted by Gasteiger charge is -2.20. The minimum atomic E-state index is -0.0162. The first kappa shape index (κ1) is 37.5. The van der Waals surface area contributed by atoms with Gasteiger partial charge in [0.05, 0.1) is 33.4 Å². The number of aromatic nitrogens is 5. The van der Waals surface area contributed by atoms with E-state index in [2.05, 4.69) is 225 Å². The third kappa shape index (κ3) is 5.99. The fourth-order valence-corrected chi connectivity index (χ4v) is 9.80. The molecule has 0 atom stereocenters. The molecule has 7 aromatic carbocycles. The molecule has 0 saturated heterocycles. The van der Waals surface area contributed by atoms with Crippen LogP contribution in [0.15, 0.2) is 176 Å². The molecule has 0 aliphatic heterocycles. The van der Waals surface area contributed by atoms with E-state index in [0.717, 1.165) is 67.3 Å². The van der Waals surface area contributed by atoms with Gasteiger partial charge in [-0.15, -0.1) is 0 Å². The zero-order valence-corrected chi connectivity index (χ0v) is 36.0. The van der Waals surface area contributed by atoms with E-state index in [4.69, 9.17) is 10.1 Å². The molecule has 0 amide bonds. The van der Waals surface area contributed by atoms with Crippen LogP contribution in [0.1, 0.15) is 43.0 Å². The Hall–Kier alpha value is -7.50. The maximum Gasteiger partial charge on any atom is 0.137 e. The van der Waals surface area contributed by atoms with Gasteiger partial charge in [0.1, 0.15) is 11.5 Å².